The fourth-order valence-electron chi connectivity index (χ4n) is 3.28. The number of carbonyl (C=O) groups excluding carboxylic acids is 3. The van der Waals surface area contributed by atoms with Crippen molar-refractivity contribution in [3.05, 3.63) is 0 Å². The summed E-state index contributed by atoms with van der Waals surface area (Å²) in [5.41, 5.74) is 0. The molecule has 17 heteroatoms. The molecule has 0 saturated carbocycles. The third kappa shape index (κ3) is 22.2. The number of unbranched alkanes of at least 4 members (excludes halogenated alkanes) is 2. The molecular formula is C24H42CaO14S2. The largest absolute Gasteiger partial charge is 2.00 e. The van der Waals surface area contributed by atoms with Gasteiger partial charge in [-0.2, -0.15) is 8.42 Å². The number of rotatable bonds is 20. The Labute approximate surface area is 272 Å². The summed E-state index contributed by atoms with van der Waals surface area (Å²) in [6.45, 7) is 8.03. The van der Waals surface area contributed by atoms with Gasteiger partial charge in [0.15, 0.2) is 5.25 Å². The monoisotopic (exact) mass is 658 g/mol. The molecule has 4 atom stereocenters. The predicted molar refractivity (Wildman–Crippen MR) is 145 cm³/mol. The van der Waals surface area contributed by atoms with Crippen molar-refractivity contribution >= 4 is 81.9 Å². The Hall–Kier alpha value is -1.04. The van der Waals surface area contributed by atoms with Crippen LogP contribution in [0.5, 0.6) is 0 Å². The first-order chi connectivity index (χ1) is 18.4. The molecule has 0 aliphatic rings. The molecule has 2 N–H and O–H groups in total. The summed E-state index contributed by atoms with van der Waals surface area (Å²) in [4.78, 5) is 44.0. The maximum absolute atomic E-state index is 11.6. The Kier molecular flexibility index (Phi) is 25.4. The summed E-state index contributed by atoms with van der Waals surface area (Å²) < 4.78 is 72.5. The van der Waals surface area contributed by atoms with Gasteiger partial charge in [-0.25, -0.2) is 8.42 Å². The number of hydrogen-bond donors (Lipinski definition) is 2. The first-order valence-corrected chi connectivity index (χ1v) is 16.1. The van der Waals surface area contributed by atoms with Crippen LogP contribution in [-0.4, -0.2) is 116 Å². The van der Waals surface area contributed by atoms with Crippen molar-refractivity contribution in [2.75, 3.05) is 13.2 Å². The van der Waals surface area contributed by atoms with Crippen LogP contribution < -0.4 is 5.11 Å². The van der Waals surface area contributed by atoms with Crippen LogP contribution in [0.2, 0.25) is 0 Å². The maximum atomic E-state index is 11.6. The number of hydrogen-bond acceptors (Lipinski definition) is 12. The number of carboxylic acid groups (broad SMARTS) is 2. The summed E-state index contributed by atoms with van der Waals surface area (Å²) >= 11 is 0. The van der Waals surface area contributed by atoms with Gasteiger partial charge in [-0.05, 0) is 24.7 Å². The second kappa shape index (κ2) is 23.4. The predicted octanol–water partition coefficient (Wildman–Crippen LogP) is 0.896. The topological polar surface area (TPSA) is 242 Å². The van der Waals surface area contributed by atoms with Gasteiger partial charge in [-0.1, -0.05) is 66.2 Å². The normalized spacial score (nSPS) is 14.2. The molecule has 4 unspecified atom stereocenters. The average Bonchev–Trinajstić information content (AvgIpc) is 2.84. The molecule has 0 radical (unpaired) electrons. The van der Waals surface area contributed by atoms with Gasteiger partial charge in [0.1, 0.15) is 10.1 Å². The van der Waals surface area contributed by atoms with Gasteiger partial charge in [0.25, 0.3) is 10.1 Å². The molecule has 0 aromatic heterocycles. The van der Waals surface area contributed by atoms with Crippen LogP contribution in [0, 0.1) is 11.8 Å². The number of esters is 2. The van der Waals surface area contributed by atoms with E-state index in [9.17, 15) is 45.7 Å². The van der Waals surface area contributed by atoms with Gasteiger partial charge >= 0.3 is 55.6 Å². The Balaban J connectivity index is -0.000000688. The zero-order valence-corrected chi connectivity index (χ0v) is 28.0. The van der Waals surface area contributed by atoms with Crippen LogP contribution in [0.15, 0.2) is 0 Å². The van der Waals surface area contributed by atoms with E-state index >= 15 is 0 Å². The summed E-state index contributed by atoms with van der Waals surface area (Å²) in [5.74, 6) is -5.58. The minimum absolute atomic E-state index is 0. The molecule has 14 nitrogen and oxygen atoms in total. The molecule has 0 bridgehead atoms. The Morgan fingerprint density at radius 3 is 1.54 bits per heavy atom. The molecule has 0 aromatic rings. The molecule has 0 saturated heterocycles. The van der Waals surface area contributed by atoms with E-state index in [0.717, 1.165) is 51.4 Å². The molecule has 0 aliphatic heterocycles. The molecule has 236 valence electrons. The zero-order valence-electron chi connectivity index (χ0n) is 24.1. The second-order valence-corrected chi connectivity index (χ2v) is 12.4. The van der Waals surface area contributed by atoms with Crippen LogP contribution in [-0.2, 0) is 48.9 Å². The SMILES string of the molecule is CCCCC(CC)COC(=O)C(CC(=O)O)S(=O)(=O)O.CCCCC(CC)COC(=O)CC(C(=O)[O-])S(=O)(=O)[O-].[Ca+2]. The molecular weight excluding hydrogens is 616 g/mol. The first-order valence-electron chi connectivity index (χ1n) is 13.1. The molecule has 0 heterocycles. The van der Waals surface area contributed by atoms with Crippen LogP contribution >= 0.6 is 0 Å². The number of aliphatic carboxylic acids is 2. The number of carboxylic acids is 2. The van der Waals surface area contributed by atoms with E-state index in [-0.39, 0.29) is 62.8 Å². The molecule has 0 aromatic carbocycles. The van der Waals surface area contributed by atoms with Crippen molar-refractivity contribution in [1.82, 2.24) is 0 Å². The zero-order chi connectivity index (χ0) is 31.5. The van der Waals surface area contributed by atoms with Crippen LogP contribution in [0.25, 0.3) is 0 Å². The van der Waals surface area contributed by atoms with Gasteiger partial charge < -0.3 is 29.0 Å². The smallest absolute Gasteiger partial charge is 0.747 e. The van der Waals surface area contributed by atoms with Crippen molar-refractivity contribution in [3.8, 4) is 0 Å². The van der Waals surface area contributed by atoms with Crippen molar-refractivity contribution in [3.63, 3.8) is 0 Å². The molecule has 41 heavy (non-hydrogen) atoms. The van der Waals surface area contributed by atoms with Crippen molar-refractivity contribution in [1.29, 1.82) is 0 Å². The van der Waals surface area contributed by atoms with Crippen molar-refractivity contribution < 1.29 is 64.8 Å². The Morgan fingerprint density at radius 1 is 0.780 bits per heavy atom. The Bertz CT molecular complexity index is 998. The van der Waals surface area contributed by atoms with E-state index in [0.29, 0.717) is 0 Å². The van der Waals surface area contributed by atoms with Crippen LogP contribution in [0.1, 0.15) is 91.9 Å². The van der Waals surface area contributed by atoms with E-state index in [2.05, 4.69) is 0 Å². The van der Waals surface area contributed by atoms with Gasteiger partial charge in [0.2, 0.25) is 0 Å². The van der Waals surface area contributed by atoms with Crippen molar-refractivity contribution in [2.24, 2.45) is 11.8 Å². The van der Waals surface area contributed by atoms with E-state index < -0.39 is 67.5 Å². The number of carbonyl (C=O) groups is 4. The van der Waals surface area contributed by atoms with E-state index in [1.807, 2.05) is 27.7 Å². The summed E-state index contributed by atoms with van der Waals surface area (Å²) in [6.07, 6.45) is 5.18. The fourth-order valence-corrected chi connectivity index (χ4v) is 4.52. The van der Waals surface area contributed by atoms with Gasteiger partial charge in [-0.15, -0.1) is 0 Å². The number of ether oxygens (including phenoxy) is 2. The fraction of sp³-hybridized carbons (Fsp3) is 0.833. The second-order valence-electron chi connectivity index (χ2n) is 9.25. The standard InChI is InChI=1S/2C12H22O7S.Ca/c1-3-5-6-9(4-2)8-19-11(13)7-10(12(14)15)20(16,17)18;1-3-5-6-9(4-2)8-19-12(15)10(7-11(13)14)20(16,17)18;/h9-10H,3-8H2,1-2H3,(H,14,15)(H,16,17,18);9-10H,3-8H2,1-2H3,(H,13,14)(H,16,17,18);/q;;+2/p-2. The quantitative estimate of drug-likeness (QED) is 0.105. The summed E-state index contributed by atoms with van der Waals surface area (Å²) in [5, 5.41) is 14.6. The molecule has 0 amide bonds. The van der Waals surface area contributed by atoms with Gasteiger partial charge in [-0.3, -0.25) is 18.9 Å². The average molecular weight is 659 g/mol. The minimum Gasteiger partial charge on any atom is -0.747 e. The van der Waals surface area contributed by atoms with Gasteiger partial charge in [0, 0.05) is 0 Å². The van der Waals surface area contributed by atoms with Crippen LogP contribution in [0.4, 0.5) is 0 Å². The summed E-state index contributed by atoms with van der Waals surface area (Å²) in [6, 6.07) is 0. The third-order valence-corrected chi connectivity index (χ3v) is 8.11. The molecule has 0 aliphatic carbocycles. The minimum atomic E-state index is -5.13. The molecule has 0 fully saturated rings. The maximum Gasteiger partial charge on any atom is 2.00 e. The van der Waals surface area contributed by atoms with E-state index in [1.54, 1.807) is 0 Å². The van der Waals surface area contributed by atoms with Crippen LogP contribution in [0.3, 0.4) is 0 Å². The molecule has 0 spiro atoms. The van der Waals surface area contributed by atoms with Gasteiger partial charge in [0.05, 0.1) is 37.3 Å². The van der Waals surface area contributed by atoms with E-state index in [1.165, 1.54) is 0 Å². The summed E-state index contributed by atoms with van der Waals surface area (Å²) in [7, 11) is -9.92. The molecule has 0 rings (SSSR count). The van der Waals surface area contributed by atoms with E-state index in [4.69, 9.17) is 19.1 Å². The Morgan fingerprint density at radius 2 is 1.22 bits per heavy atom. The third-order valence-electron chi connectivity index (χ3n) is 5.97. The first kappa shape index (κ1) is 44.4. The van der Waals surface area contributed by atoms with Crippen molar-refractivity contribution in [2.45, 2.75) is 102 Å².